The van der Waals surface area contributed by atoms with Gasteiger partial charge in [0.25, 0.3) is 0 Å². The summed E-state index contributed by atoms with van der Waals surface area (Å²) in [5.74, 6) is -1.50. The Hall–Kier alpha value is -3.62. The van der Waals surface area contributed by atoms with Gasteiger partial charge in [-0.15, -0.1) is 0 Å². The van der Waals surface area contributed by atoms with E-state index in [4.69, 9.17) is 9.47 Å². The fourth-order valence-corrected chi connectivity index (χ4v) is 4.46. The van der Waals surface area contributed by atoms with Crippen molar-refractivity contribution in [1.82, 2.24) is 10.3 Å². The number of amides is 1. The number of rotatable bonds is 6. The summed E-state index contributed by atoms with van der Waals surface area (Å²) in [6.45, 7) is 6.00. The SMILES string of the molecule is CCOc1ncc(C)c2c(C(=O)c3ccc([C@@H](C)NC(=O)C(F)(F)F)c4c3OCCC4)cccc12. The zero-order chi connectivity index (χ0) is 25.3. The standard InChI is InChI=1S/C26H25F3N2O4/c1-4-34-24-19-8-5-7-18(21(19)14(2)13-30-24)22(32)20-11-10-16(17-9-6-12-35-23(17)20)15(3)31-25(33)26(27,28)29/h5,7-8,10-11,13,15H,4,6,9,12H2,1-3H3,(H,31,33)/t15-/m1/s1. The molecule has 2 heterocycles. The number of benzene rings is 2. The predicted molar refractivity (Wildman–Crippen MR) is 124 cm³/mol. The van der Waals surface area contributed by atoms with Crippen molar-refractivity contribution in [2.45, 2.75) is 45.8 Å². The number of hydrogen-bond donors (Lipinski definition) is 1. The highest BCUT2D eigenvalue weighted by atomic mass is 19.4. The lowest BCUT2D eigenvalue weighted by atomic mass is 9.89. The Bertz CT molecular complexity index is 1300. The number of carbonyl (C=O) groups excluding carboxylic acids is 2. The van der Waals surface area contributed by atoms with E-state index in [1.165, 1.54) is 6.92 Å². The number of halogens is 3. The van der Waals surface area contributed by atoms with E-state index in [1.54, 1.807) is 30.5 Å². The molecule has 0 aliphatic carbocycles. The highest BCUT2D eigenvalue weighted by Crippen LogP contribution is 2.38. The van der Waals surface area contributed by atoms with Crippen molar-refractivity contribution in [2.24, 2.45) is 0 Å². The van der Waals surface area contributed by atoms with Gasteiger partial charge in [0.15, 0.2) is 5.78 Å². The highest BCUT2D eigenvalue weighted by Gasteiger charge is 2.39. The average Bonchev–Trinajstić information content (AvgIpc) is 2.83. The molecular weight excluding hydrogens is 461 g/mol. The molecule has 1 aromatic heterocycles. The molecule has 2 aromatic carbocycles. The topological polar surface area (TPSA) is 77.5 Å². The third-order valence-corrected chi connectivity index (χ3v) is 6.02. The van der Waals surface area contributed by atoms with Crippen LogP contribution in [0.15, 0.2) is 36.5 Å². The number of nitrogens with zero attached hydrogens (tertiary/aromatic N) is 1. The second-order valence-electron chi connectivity index (χ2n) is 8.39. The van der Waals surface area contributed by atoms with Crippen molar-refractivity contribution in [1.29, 1.82) is 0 Å². The number of carbonyl (C=O) groups is 2. The molecule has 35 heavy (non-hydrogen) atoms. The molecular formula is C26H25F3N2O4. The van der Waals surface area contributed by atoms with Crippen LogP contribution >= 0.6 is 0 Å². The average molecular weight is 486 g/mol. The molecule has 0 saturated heterocycles. The van der Waals surface area contributed by atoms with Gasteiger partial charge >= 0.3 is 12.1 Å². The normalized spacial score (nSPS) is 14.1. The van der Waals surface area contributed by atoms with E-state index in [0.29, 0.717) is 65.3 Å². The fourth-order valence-electron chi connectivity index (χ4n) is 4.46. The van der Waals surface area contributed by atoms with Gasteiger partial charge in [0.1, 0.15) is 5.75 Å². The van der Waals surface area contributed by atoms with Crippen LogP contribution in [-0.2, 0) is 11.2 Å². The second kappa shape index (κ2) is 9.56. The lowest BCUT2D eigenvalue weighted by Gasteiger charge is -2.26. The predicted octanol–water partition coefficient (Wildman–Crippen LogP) is 5.24. The second-order valence-corrected chi connectivity index (χ2v) is 8.39. The Balaban J connectivity index is 1.79. The summed E-state index contributed by atoms with van der Waals surface area (Å²) in [6.07, 6.45) is -2.16. The summed E-state index contributed by atoms with van der Waals surface area (Å²) < 4.78 is 49.8. The minimum absolute atomic E-state index is 0.274. The van der Waals surface area contributed by atoms with Crippen LogP contribution in [-0.4, -0.2) is 36.1 Å². The minimum Gasteiger partial charge on any atom is -0.493 e. The van der Waals surface area contributed by atoms with Crippen LogP contribution in [0.25, 0.3) is 10.8 Å². The monoisotopic (exact) mass is 486 g/mol. The summed E-state index contributed by atoms with van der Waals surface area (Å²) in [6, 6.07) is 7.56. The molecule has 0 unspecified atom stereocenters. The first-order valence-corrected chi connectivity index (χ1v) is 11.4. The van der Waals surface area contributed by atoms with E-state index in [0.717, 1.165) is 10.9 Å². The number of ketones is 1. The lowest BCUT2D eigenvalue weighted by molar-refractivity contribution is -0.174. The van der Waals surface area contributed by atoms with E-state index in [2.05, 4.69) is 4.98 Å². The molecule has 1 aliphatic heterocycles. The minimum atomic E-state index is -4.98. The largest absolute Gasteiger partial charge is 0.493 e. The maximum absolute atomic E-state index is 13.8. The van der Waals surface area contributed by atoms with E-state index < -0.39 is 18.1 Å². The lowest BCUT2D eigenvalue weighted by Crippen LogP contribution is -2.38. The zero-order valence-corrected chi connectivity index (χ0v) is 19.6. The molecule has 184 valence electrons. The molecule has 4 rings (SSSR count). The van der Waals surface area contributed by atoms with Crippen LogP contribution in [0.2, 0.25) is 0 Å². The van der Waals surface area contributed by atoms with Crippen molar-refractivity contribution < 1.29 is 32.2 Å². The van der Waals surface area contributed by atoms with Crippen molar-refractivity contribution >= 4 is 22.5 Å². The number of aromatic nitrogens is 1. The first kappa shape index (κ1) is 24.5. The number of pyridine rings is 1. The van der Waals surface area contributed by atoms with Crippen LogP contribution < -0.4 is 14.8 Å². The first-order valence-electron chi connectivity index (χ1n) is 11.4. The number of nitrogens with one attached hydrogen (secondary N) is 1. The van der Waals surface area contributed by atoms with Crippen molar-refractivity contribution in [3.05, 3.63) is 64.3 Å². The van der Waals surface area contributed by atoms with Crippen LogP contribution in [0.1, 0.15) is 58.9 Å². The number of ether oxygens (including phenoxy) is 2. The van der Waals surface area contributed by atoms with Crippen LogP contribution in [0.4, 0.5) is 13.2 Å². The van der Waals surface area contributed by atoms with Gasteiger partial charge < -0.3 is 14.8 Å². The molecule has 0 fully saturated rings. The van der Waals surface area contributed by atoms with Gasteiger partial charge in [-0.2, -0.15) is 13.2 Å². The summed E-state index contributed by atoms with van der Waals surface area (Å²) in [5.41, 5.74) is 2.70. The Morgan fingerprint density at radius 1 is 1.20 bits per heavy atom. The van der Waals surface area contributed by atoms with Gasteiger partial charge in [0, 0.05) is 28.1 Å². The van der Waals surface area contributed by atoms with Crippen molar-refractivity contribution in [3.63, 3.8) is 0 Å². The Kier molecular flexibility index (Phi) is 6.69. The third kappa shape index (κ3) is 4.67. The number of hydrogen-bond acceptors (Lipinski definition) is 5. The Morgan fingerprint density at radius 2 is 1.97 bits per heavy atom. The zero-order valence-electron chi connectivity index (χ0n) is 19.6. The Labute approximate surface area is 200 Å². The number of fused-ring (bicyclic) bond motifs is 2. The van der Waals surface area contributed by atoms with E-state index in [-0.39, 0.29) is 5.78 Å². The molecule has 6 nitrogen and oxygen atoms in total. The van der Waals surface area contributed by atoms with Crippen molar-refractivity contribution in [3.8, 4) is 11.6 Å². The molecule has 1 N–H and O–H groups in total. The summed E-state index contributed by atoms with van der Waals surface area (Å²) in [7, 11) is 0. The molecule has 1 aliphatic rings. The number of alkyl halides is 3. The van der Waals surface area contributed by atoms with E-state index >= 15 is 0 Å². The quantitative estimate of drug-likeness (QED) is 0.483. The van der Waals surface area contributed by atoms with E-state index in [1.807, 2.05) is 25.2 Å². The molecule has 0 saturated carbocycles. The summed E-state index contributed by atoms with van der Waals surface area (Å²) in [5, 5.41) is 3.42. The smallest absolute Gasteiger partial charge is 0.471 e. The van der Waals surface area contributed by atoms with Crippen LogP contribution in [0, 0.1) is 6.92 Å². The van der Waals surface area contributed by atoms with Crippen LogP contribution in [0.3, 0.4) is 0 Å². The van der Waals surface area contributed by atoms with Crippen molar-refractivity contribution in [2.75, 3.05) is 13.2 Å². The number of aryl methyl sites for hydroxylation is 1. The maximum atomic E-state index is 13.8. The molecule has 1 amide bonds. The van der Waals surface area contributed by atoms with E-state index in [9.17, 15) is 22.8 Å². The molecule has 0 radical (unpaired) electrons. The Morgan fingerprint density at radius 3 is 2.69 bits per heavy atom. The maximum Gasteiger partial charge on any atom is 0.471 e. The summed E-state index contributed by atoms with van der Waals surface area (Å²) >= 11 is 0. The van der Waals surface area contributed by atoms with Gasteiger partial charge in [0.2, 0.25) is 5.88 Å². The molecule has 0 spiro atoms. The molecule has 3 aromatic rings. The third-order valence-electron chi connectivity index (χ3n) is 6.02. The van der Waals surface area contributed by atoms with Gasteiger partial charge in [-0.25, -0.2) is 4.98 Å². The van der Waals surface area contributed by atoms with Crippen LogP contribution in [0.5, 0.6) is 11.6 Å². The van der Waals surface area contributed by atoms with Gasteiger partial charge in [-0.3, -0.25) is 9.59 Å². The fraction of sp³-hybridized carbons (Fsp3) is 0.346. The highest BCUT2D eigenvalue weighted by molar-refractivity contribution is 6.18. The van der Waals surface area contributed by atoms with Gasteiger partial charge in [0.05, 0.1) is 24.8 Å². The molecule has 9 heteroatoms. The summed E-state index contributed by atoms with van der Waals surface area (Å²) in [4.78, 5) is 29.6. The van der Waals surface area contributed by atoms with Gasteiger partial charge in [-0.05, 0) is 56.9 Å². The van der Waals surface area contributed by atoms with Gasteiger partial charge in [-0.1, -0.05) is 18.2 Å². The molecule has 1 atom stereocenters. The molecule has 0 bridgehead atoms. The first-order chi connectivity index (χ1) is 16.6.